The van der Waals surface area contributed by atoms with E-state index in [1.54, 1.807) is 18.2 Å². The Hall–Kier alpha value is -2.10. The van der Waals surface area contributed by atoms with Gasteiger partial charge >= 0.3 is 6.01 Å². The molecule has 70 valence electrons. The molecule has 0 bridgehead atoms. The molecule has 14 heavy (non-hydrogen) atoms. The minimum atomic E-state index is 0.0266. The van der Waals surface area contributed by atoms with Gasteiger partial charge in [0.25, 0.3) is 0 Å². The van der Waals surface area contributed by atoms with E-state index in [-0.39, 0.29) is 6.01 Å². The molecule has 0 spiro atoms. The van der Waals surface area contributed by atoms with Gasteiger partial charge < -0.3 is 9.94 Å². The molecule has 0 fully saturated rings. The van der Waals surface area contributed by atoms with Crippen LogP contribution in [0.3, 0.4) is 0 Å². The highest BCUT2D eigenvalue weighted by atomic mass is 16.6. The average Bonchev–Trinajstić information content (AvgIpc) is 2.23. The zero-order valence-corrected chi connectivity index (χ0v) is 7.33. The first kappa shape index (κ1) is 8.50. The van der Waals surface area contributed by atoms with Gasteiger partial charge in [-0.2, -0.15) is 0 Å². The van der Waals surface area contributed by atoms with Crippen LogP contribution in [0.5, 0.6) is 11.8 Å². The Balaban J connectivity index is 2.24. The molecule has 0 N–H and O–H groups in total. The van der Waals surface area contributed by atoms with Gasteiger partial charge in [0, 0.05) is 6.07 Å². The third-order valence-electron chi connectivity index (χ3n) is 1.63. The summed E-state index contributed by atoms with van der Waals surface area (Å²) in [5.74, 6) is 0.593. The lowest BCUT2D eigenvalue weighted by molar-refractivity contribution is -0.614. The summed E-state index contributed by atoms with van der Waals surface area (Å²) in [6, 6.07) is 10.6. The van der Waals surface area contributed by atoms with E-state index in [4.69, 9.17) is 4.74 Å². The monoisotopic (exact) mass is 188 g/mol. The van der Waals surface area contributed by atoms with E-state index in [9.17, 15) is 5.21 Å². The highest BCUT2D eigenvalue weighted by molar-refractivity contribution is 5.23. The van der Waals surface area contributed by atoms with Crippen molar-refractivity contribution in [3.63, 3.8) is 0 Å². The van der Waals surface area contributed by atoms with Crippen molar-refractivity contribution in [3.05, 3.63) is 54.0 Å². The van der Waals surface area contributed by atoms with Crippen molar-refractivity contribution in [2.24, 2.45) is 0 Å². The SMILES string of the molecule is [O-][n+]1cccnc1Oc1ccccc1. The number of para-hydroxylation sites is 1. The van der Waals surface area contributed by atoms with Gasteiger partial charge in [0.2, 0.25) is 0 Å². The minimum absolute atomic E-state index is 0.0266. The van der Waals surface area contributed by atoms with Gasteiger partial charge in [-0.15, -0.1) is 0 Å². The number of hydrogen-bond donors (Lipinski definition) is 0. The fourth-order valence-corrected chi connectivity index (χ4v) is 1.01. The normalized spacial score (nSPS) is 9.71. The van der Waals surface area contributed by atoms with Crippen molar-refractivity contribution in [2.75, 3.05) is 0 Å². The summed E-state index contributed by atoms with van der Waals surface area (Å²) in [6.07, 6.45) is 2.85. The fourth-order valence-electron chi connectivity index (χ4n) is 1.01. The summed E-state index contributed by atoms with van der Waals surface area (Å²) in [5.41, 5.74) is 0. The largest absolute Gasteiger partial charge is 0.708 e. The molecule has 2 aromatic rings. The number of ether oxygens (including phenoxy) is 1. The molecular formula is C10H8N2O2. The lowest BCUT2D eigenvalue weighted by atomic mass is 10.3. The van der Waals surface area contributed by atoms with E-state index < -0.39 is 0 Å². The number of benzene rings is 1. The van der Waals surface area contributed by atoms with Crippen LogP contribution in [0.1, 0.15) is 0 Å². The van der Waals surface area contributed by atoms with Crippen LogP contribution in [-0.4, -0.2) is 4.98 Å². The van der Waals surface area contributed by atoms with Crippen molar-refractivity contribution in [1.82, 2.24) is 4.98 Å². The van der Waals surface area contributed by atoms with Crippen molar-refractivity contribution in [1.29, 1.82) is 0 Å². The zero-order valence-electron chi connectivity index (χ0n) is 7.33. The molecule has 4 heteroatoms. The van der Waals surface area contributed by atoms with E-state index in [0.717, 1.165) is 0 Å². The Morgan fingerprint density at radius 1 is 1.14 bits per heavy atom. The van der Waals surface area contributed by atoms with Crippen LogP contribution >= 0.6 is 0 Å². The zero-order chi connectivity index (χ0) is 9.80. The van der Waals surface area contributed by atoms with Crippen LogP contribution in [-0.2, 0) is 0 Å². The van der Waals surface area contributed by atoms with Gasteiger partial charge in [0.15, 0.2) is 0 Å². The average molecular weight is 188 g/mol. The van der Waals surface area contributed by atoms with Crippen molar-refractivity contribution in [2.45, 2.75) is 0 Å². The molecule has 0 saturated carbocycles. The number of hydrogen-bond acceptors (Lipinski definition) is 3. The maximum atomic E-state index is 11.2. The third kappa shape index (κ3) is 1.80. The van der Waals surface area contributed by atoms with E-state index in [2.05, 4.69) is 4.98 Å². The van der Waals surface area contributed by atoms with Crippen molar-refractivity contribution < 1.29 is 9.47 Å². The quantitative estimate of drug-likeness (QED) is 0.530. The molecule has 1 aromatic carbocycles. The molecule has 0 radical (unpaired) electrons. The second-order valence-corrected chi connectivity index (χ2v) is 2.64. The summed E-state index contributed by atoms with van der Waals surface area (Å²) in [5, 5.41) is 11.2. The van der Waals surface area contributed by atoms with Crippen LogP contribution in [0.2, 0.25) is 0 Å². The van der Waals surface area contributed by atoms with Crippen LogP contribution in [0.15, 0.2) is 48.8 Å². The molecule has 0 aliphatic carbocycles. The molecule has 4 nitrogen and oxygen atoms in total. The summed E-state index contributed by atoms with van der Waals surface area (Å²) in [6.45, 7) is 0. The molecule has 0 aliphatic rings. The van der Waals surface area contributed by atoms with Gasteiger partial charge in [-0.25, -0.2) is 4.73 Å². The topological polar surface area (TPSA) is 49.1 Å². The Labute approximate surface area is 81.0 Å². The molecule has 1 heterocycles. The summed E-state index contributed by atoms with van der Waals surface area (Å²) in [7, 11) is 0. The van der Waals surface area contributed by atoms with E-state index >= 15 is 0 Å². The molecule has 0 amide bonds. The lowest BCUT2D eigenvalue weighted by Gasteiger charge is -2.04. The van der Waals surface area contributed by atoms with Crippen LogP contribution < -0.4 is 9.47 Å². The van der Waals surface area contributed by atoms with Crippen molar-refractivity contribution >= 4 is 0 Å². The van der Waals surface area contributed by atoms with Crippen LogP contribution in [0, 0.1) is 5.21 Å². The first-order valence-corrected chi connectivity index (χ1v) is 4.13. The van der Waals surface area contributed by atoms with Gasteiger partial charge in [-0.05, 0) is 17.1 Å². The predicted molar refractivity (Wildman–Crippen MR) is 49.7 cm³/mol. The van der Waals surface area contributed by atoms with Gasteiger partial charge in [0.05, 0.1) is 0 Å². The van der Waals surface area contributed by atoms with E-state index in [0.29, 0.717) is 10.5 Å². The van der Waals surface area contributed by atoms with Crippen molar-refractivity contribution in [3.8, 4) is 11.8 Å². The second-order valence-electron chi connectivity index (χ2n) is 2.64. The molecule has 0 aliphatic heterocycles. The van der Waals surface area contributed by atoms with Crippen LogP contribution in [0.4, 0.5) is 0 Å². The number of nitrogens with zero attached hydrogens (tertiary/aromatic N) is 2. The first-order chi connectivity index (χ1) is 6.86. The lowest BCUT2D eigenvalue weighted by Crippen LogP contribution is -2.28. The molecule has 2 rings (SSSR count). The first-order valence-electron chi connectivity index (χ1n) is 4.13. The number of rotatable bonds is 2. The maximum absolute atomic E-state index is 11.2. The summed E-state index contributed by atoms with van der Waals surface area (Å²) < 4.78 is 5.82. The highest BCUT2D eigenvalue weighted by Crippen LogP contribution is 2.14. The smallest absolute Gasteiger partial charge is 0.507 e. The summed E-state index contributed by atoms with van der Waals surface area (Å²) in [4.78, 5) is 3.80. The second kappa shape index (κ2) is 3.74. The minimum Gasteiger partial charge on any atom is -0.708 e. The van der Waals surface area contributed by atoms with E-state index in [1.165, 1.54) is 12.4 Å². The Kier molecular flexibility index (Phi) is 2.27. The highest BCUT2D eigenvalue weighted by Gasteiger charge is 2.07. The molecule has 1 aromatic heterocycles. The van der Waals surface area contributed by atoms with E-state index in [1.807, 2.05) is 18.2 Å². The Morgan fingerprint density at radius 3 is 2.64 bits per heavy atom. The Bertz CT molecular complexity index is 417. The van der Waals surface area contributed by atoms with Gasteiger partial charge in [-0.1, -0.05) is 18.2 Å². The number of aromatic nitrogens is 2. The molecule has 0 unspecified atom stereocenters. The standard InChI is InChI=1S/C10H8N2O2/c13-12-8-4-7-11-10(12)14-9-5-2-1-3-6-9/h1-8H. The summed E-state index contributed by atoms with van der Waals surface area (Å²) >= 11 is 0. The predicted octanol–water partition coefficient (Wildman–Crippen LogP) is 1.51. The van der Waals surface area contributed by atoms with Gasteiger partial charge in [0.1, 0.15) is 18.1 Å². The molecular weight excluding hydrogens is 180 g/mol. The Morgan fingerprint density at radius 2 is 1.93 bits per heavy atom. The molecule has 0 saturated heterocycles. The third-order valence-corrected chi connectivity index (χ3v) is 1.63. The van der Waals surface area contributed by atoms with Gasteiger partial charge in [-0.3, -0.25) is 0 Å². The van der Waals surface area contributed by atoms with Crippen LogP contribution in [0.25, 0.3) is 0 Å². The fraction of sp³-hybridized carbons (Fsp3) is 0. The maximum Gasteiger partial charge on any atom is 0.507 e. The molecule has 0 atom stereocenters.